The molecule has 0 aliphatic carbocycles. The van der Waals surface area contributed by atoms with Gasteiger partial charge in [0.25, 0.3) is 0 Å². The summed E-state index contributed by atoms with van der Waals surface area (Å²) < 4.78 is 5.51. The van der Waals surface area contributed by atoms with Crippen molar-refractivity contribution in [3.05, 3.63) is 36.5 Å². The molecule has 4 nitrogen and oxygen atoms in total. The van der Waals surface area contributed by atoms with Crippen molar-refractivity contribution >= 4 is 5.97 Å². The molecular weight excluding hydrogens is 304 g/mol. The summed E-state index contributed by atoms with van der Waals surface area (Å²) in [4.78, 5) is 10.4. The molecule has 0 saturated carbocycles. The average molecular weight is 336 g/mol. The van der Waals surface area contributed by atoms with Crippen LogP contribution in [0.2, 0.25) is 0 Å². The van der Waals surface area contributed by atoms with Crippen LogP contribution < -0.4 is 0 Å². The number of aliphatic hydroxyl groups excluding tert-OH is 1. The molecule has 1 fully saturated rings. The summed E-state index contributed by atoms with van der Waals surface area (Å²) in [6, 6.07) is 0. The van der Waals surface area contributed by atoms with Crippen LogP contribution in [0.25, 0.3) is 0 Å². The summed E-state index contributed by atoms with van der Waals surface area (Å²) in [6.07, 6.45) is 19.8. The van der Waals surface area contributed by atoms with Gasteiger partial charge in [-0.15, -0.1) is 0 Å². The second kappa shape index (κ2) is 13.0. The Balaban J connectivity index is 2.04. The first-order valence-electron chi connectivity index (χ1n) is 9.17. The molecule has 1 rings (SSSR count). The lowest BCUT2D eigenvalue weighted by Gasteiger charge is -1.99. The van der Waals surface area contributed by atoms with E-state index < -0.39 is 12.1 Å². The minimum Gasteiger partial charge on any atom is -0.481 e. The number of epoxide rings is 1. The molecule has 0 radical (unpaired) electrons. The molecule has 0 aromatic rings. The zero-order chi connectivity index (χ0) is 17.6. The largest absolute Gasteiger partial charge is 0.481 e. The first-order chi connectivity index (χ1) is 11.6. The predicted octanol–water partition coefficient (Wildman–Crippen LogP) is 4.40. The summed E-state index contributed by atoms with van der Waals surface area (Å²) in [5, 5.41) is 18.5. The van der Waals surface area contributed by atoms with Gasteiger partial charge in [-0.25, -0.2) is 0 Å². The van der Waals surface area contributed by atoms with Crippen LogP contribution in [0.15, 0.2) is 36.5 Å². The van der Waals surface area contributed by atoms with Gasteiger partial charge < -0.3 is 14.9 Å². The van der Waals surface area contributed by atoms with Crippen molar-refractivity contribution in [1.29, 1.82) is 0 Å². The van der Waals surface area contributed by atoms with Gasteiger partial charge in [-0.2, -0.15) is 0 Å². The Hall–Kier alpha value is -1.39. The van der Waals surface area contributed by atoms with Crippen LogP contribution in [0.3, 0.4) is 0 Å². The number of aliphatic carboxylic acids is 1. The molecule has 1 aliphatic heterocycles. The maximum absolute atomic E-state index is 10.4. The number of ether oxygens (including phenoxy) is 1. The highest BCUT2D eigenvalue weighted by molar-refractivity contribution is 5.66. The Labute approximate surface area is 145 Å². The number of carbonyl (C=O) groups is 1. The van der Waals surface area contributed by atoms with Gasteiger partial charge in [0, 0.05) is 6.42 Å². The van der Waals surface area contributed by atoms with Crippen LogP contribution >= 0.6 is 0 Å². The van der Waals surface area contributed by atoms with Gasteiger partial charge in [0.1, 0.15) is 12.2 Å². The van der Waals surface area contributed by atoms with Crippen LogP contribution in [0.4, 0.5) is 0 Å². The van der Waals surface area contributed by atoms with Crippen LogP contribution in [0.1, 0.15) is 64.7 Å². The van der Waals surface area contributed by atoms with E-state index >= 15 is 0 Å². The number of rotatable bonds is 14. The van der Waals surface area contributed by atoms with E-state index in [-0.39, 0.29) is 18.6 Å². The molecule has 24 heavy (non-hydrogen) atoms. The minimum atomic E-state index is -0.749. The van der Waals surface area contributed by atoms with Gasteiger partial charge in [-0.1, -0.05) is 56.2 Å². The first-order valence-corrected chi connectivity index (χ1v) is 9.17. The number of hydrogen-bond acceptors (Lipinski definition) is 3. The molecule has 0 spiro atoms. The highest BCUT2D eigenvalue weighted by Crippen LogP contribution is 2.29. The smallest absolute Gasteiger partial charge is 0.303 e. The Bertz CT molecular complexity index is 425. The molecule has 0 amide bonds. The molecule has 0 bridgehead atoms. The van der Waals surface area contributed by atoms with E-state index in [4.69, 9.17) is 9.84 Å². The van der Waals surface area contributed by atoms with E-state index in [2.05, 4.69) is 19.1 Å². The highest BCUT2D eigenvalue weighted by Gasteiger charge is 2.42. The minimum absolute atomic E-state index is 0.0684. The second-order valence-electron chi connectivity index (χ2n) is 6.25. The number of aliphatic hydroxyl groups is 1. The molecule has 1 saturated heterocycles. The summed E-state index contributed by atoms with van der Waals surface area (Å²) in [6.45, 7) is 2.20. The summed E-state index contributed by atoms with van der Waals surface area (Å²) >= 11 is 0. The first kappa shape index (κ1) is 20.7. The standard InChI is InChI=1S/C20H32O4/c1-2-3-4-5-9-12-15-18-20(24-18)17(21)14-11-8-6-7-10-13-16-19(22)23/h6-7,9,11-12,14,17-18,20-21H,2-5,8,10,13,15-16H2,1H3,(H,22,23)/b7-6-,12-9-,14-11-/t17?,18-,20?/m0/s1. The van der Waals surface area contributed by atoms with Crippen molar-refractivity contribution in [2.45, 2.75) is 83.0 Å². The fourth-order valence-electron chi connectivity index (χ4n) is 2.50. The van der Waals surface area contributed by atoms with Crippen LogP contribution in [0, 0.1) is 0 Å². The molecule has 2 N–H and O–H groups in total. The average Bonchev–Trinajstić information content (AvgIpc) is 3.32. The Morgan fingerprint density at radius 1 is 1.08 bits per heavy atom. The van der Waals surface area contributed by atoms with Crippen LogP contribution in [-0.2, 0) is 9.53 Å². The number of allylic oxidation sites excluding steroid dienone is 4. The van der Waals surface area contributed by atoms with Gasteiger partial charge >= 0.3 is 5.97 Å². The molecule has 2 unspecified atom stereocenters. The lowest BCUT2D eigenvalue weighted by atomic mass is 10.1. The molecule has 0 aromatic heterocycles. The number of carboxylic acid groups (broad SMARTS) is 1. The Kier molecular flexibility index (Phi) is 11.2. The maximum atomic E-state index is 10.4. The lowest BCUT2D eigenvalue weighted by Crippen LogP contribution is -2.13. The molecule has 1 heterocycles. The molecule has 3 atom stereocenters. The van der Waals surface area contributed by atoms with E-state index in [9.17, 15) is 9.90 Å². The highest BCUT2D eigenvalue weighted by atomic mass is 16.6. The van der Waals surface area contributed by atoms with Crippen molar-refractivity contribution in [1.82, 2.24) is 0 Å². The molecule has 0 aromatic carbocycles. The summed E-state index contributed by atoms with van der Waals surface area (Å²) in [5.74, 6) is -0.749. The van der Waals surface area contributed by atoms with Gasteiger partial charge in [0.05, 0.1) is 6.10 Å². The topological polar surface area (TPSA) is 70.1 Å². The zero-order valence-corrected chi connectivity index (χ0v) is 14.8. The van der Waals surface area contributed by atoms with Crippen molar-refractivity contribution in [3.8, 4) is 0 Å². The Morgan fingerprint density at radius 2 is 1.83 bits per heavy atom. The fraction of sp³-hybridized carbons (Fsp3) is 0.650. The molecule has 136 valence electrons. The van der Waals surface area contributed by atoms with Crippen LogP contribution in [0.5, 0.6) is 0 Å². The van der Waals surface area contributed by atoms with E-state index in [1.54, 1.807) is 6.08 Å². The van der Waals surface area contributed by atoms with Crippen molar-refractivity contribution in [2.75, 3.05) is 0 Å². The zero-order valence-electron chi connectivity index (χ0n) is 14.8. The number of carboxylic acids is 1. The van der Waals surface area contributed by atoms with Gasteiger partial charge in [0.2, 0.25) is 0 Å². The summed E-state index contributed by atoms with van der Waals surface area (Å²) in [5.41, 5.74) is 0. The monoisotopic (exact) mass is 336 g/mol. The SMILES string of the molecule is CCCCC/C=C\C[C@@H]1OC1C(O)/C=C\C/C=C\CCCC(=O)O. The van der Waals surface area contributed by atoms with Gasteiger partial charge in [0.15, 0.2) is 0 Å². The predicted molar refractivity (Wildman–Crippen MR) is 97.0 cm³/mol. The maximum Gasteiger partial charge on any atom is 0.303 e. The van der Waals surface area contributed by atoms with E-state index in [1.807, 2.05) is 18.2 Å². The molecule has 4 heteroatoms. The van der Waals surface area contributed by atoms with Crippen molar-refractivity contribution < 1.29 is 19.7 Å². The molecular formula is C20H32O4. The second-order valence-corrected chi connectivity index (χ2v) is 6.25. The Morgan fingerprint density at radius 3 is 2.58 bits per heavy atom. The third-order valence-corrected chi connectivity index (χ3v) is 4.00. The number of hydrogen-bond donors (Lipinski definition) is 2. The van der Waals surface area contributed by atoms with Crippen LogP contribution in [-0.4, -0.2) is 34.5 Å². The molecule has 1 aliphatic rings. The fourth-order valence-corrected chi connectivity index (χ4v) is 2.50. The lowest BCUT2D eigenvalue weighted by molar-refractivity contribution is -0.137. The third-order valence-electron chi connectivity index (χ3n) is 4.00. The van der Waals surface area contributed by atoms with Crippen molar-refractivity contribution in [3.63, 3.8) is 0 Å². The third kappa shape index (κ3) is 10.4. The van der Waals surface area contributed by atoms with E-state index in [1.165, 1.54) is 19.3 Å². The van der Waals surface area contributed by atoms with E-state index in [0.717, 1.165) is 25.7 Å². The van der Waals surface area contributed by atoms with Gasteiger partial charge in [-0.3, -0.25) is 4.79 Å². The quantitative estimate of drug-likeness (QED) is 0.280. The normalized spacial score (nSPS) is 21.9. The number of unbranched alkanes of at least 4 members (excludes halogenated alkanes) is 4. The van der Waals surface area contributed by atoms with E-state index in [0.29, 0.717) is 6.42 Å². The van der Waals surface area contributed by atoms with Crippen molar-refractivity contribution in [2.24, 2.45) is 0 Å². The van der Waals surface area contributed by atoms with Gasteiger partial charge in [-0.05, 0) is 38.5 Å². The summed E-state index contributed by atoms with van der Waals surface area (Å²) in [7, 11) is 0.